The summed E-state index contributed by atoms with van der Waals surface area (Å²) in [5, 5.41) is 14.0. The van der Waals surface area contributed by atoms with Crippen LogP contribution in [0.25, 0.3) is 11.0 Å². The normalized spacial score (nSPS) is 22.5. The molecule has 5 rings (SSSR count). The van der Waals surface area contributed by atoms with Gasteiger partial charge in [-0.2, -0.15) is 4.98 Å². The van der Waals surface area contributed by atoms with Crippen LogP contribution in [-0.2, 0) is 0 Å². The van der Waals surface area contributed by atoms with Gasteiger partial charge in [0.15, 0.2) is 0 Å². The van der Waals surface area contributed by atoms with Gasteiger partial charge in [-0.1, -0.05) is 0 Å². The monoisotopic (exact) mass is 472 g/mol. The SMILES string of the molecule is CN(c1ncnc2[nH]ccc12)[C@@H]1CC2CN(C(=O)Nc3nc(OCC(C)(C)O)ns3)C[C@H]2C1. The van der Waals surface area contributed by atoms with Crippen molar-refractivity contribution in [2.45, 2.75) is 38.3 Å². The van der Waals surface area contributed by atoms with Crippen molar-refractivity contribution < 1.29 is 14.6 Å². The molecule has 1 aliphatic carbocycles. The molecule has 11 nitrogen and oxygen atoms in total. The Balaban J connectivity index is 1.15. The van der Waals surface area contributed by atoms with Crippen molar-refractivity contribution in [2.24, 2.45) is 11.8 Å². The van der Waals surface area contributed by atoms with Crippen LogP contribution >= 0.6 is 11.5 Å². The van der Waals surface area contributed by atoms with Crippen molar-refractivity contribution in [1.82, 2.24) is 29.2 Å². The summed E-state index contributed by atoms with van der Waals surface area (Å²) in [5.74, 6) is 1.87. The van der Waals surface area contributed by atoms with Gasteiger partial charge in [0.2, 0.25) is 5.13 Å². The van der Waals surface area contributed by atoms with Crippen LogP contribution in [0.5, 0.6) is 6.01 Å². The molecule has 176 valence electrons. The van der Waals surface area contributed by atoms with Gasteiger partial charge in [-0.25, -0.2) is 14.8 Å². The van der Waals surface area contributed by atoms with E-state index in [0.717, 1.165) is 54.3 Å². The van der Waals surface area contributed by atoms with Crippen LogP contribution in [0, 0.1) is 11.8 Å². The number of carbonyl (C=O) groups is 1. The number of ether oxygens (including phenoxy) is 1. The molecule has 3 atom stereocenters. The molecule has 1 saturated carbocycles. The summed E-state index contributed by atoms with van der Waals surface area (Å²) in [5.41, 5.74) is -0.132. The first-order valence-electron chi connectivity index (χ1n) is 11.0. The molecule has 0 spiro atoms. The predicted octanol–water partition coefficient (Wildman–Crippen LogP) is 2.34. The lowest BCUT2D eigenvalue weighted by molar-refractivity contribution is 0.0255. The molecule has 12 heteroatoms. The summed E-state index contributed by atoms with van der Waals surface area (Å²) in [6, 6.07) is 2.39. The number of likely N-dealkylation sites (tertiary alicyclic amines) is 1. The van der Waals surface area contributed by atoms with Crippen LogP contribution in [-0.4, -0.2) is 78.7 Å². The molecule has 1 unspecified atom stereocenters. The second-order valence-electron chi connectivity index (χ2n) is 9.51. The van der Waals surface area contributed by atoms with Crippen LogP contribution in [0.4, 0.5) is 15.7 Å². The minimum Gasteiger partial charge on any atom is -0.460 e. The Bertz CT molecular complexity index is 1130. The number of nitrogens with one attached hydrogen (secondary N) is 2. The number of hydrogen-bond acceptors (Lipinski definition) is 9. The summed E-state index contributed by atoms with van der Waals surface area (Å²) in [7, 11) is 2.10. The van der Waals surface area contributed by atoms with Crippen LogP contribution in [0.3, 0.4) is 0 Å². The number of aromatic amines is 1. The lowest BCUT2D eigenvalue weighted by atomic mass is 10.0. The summed E-state index contributed by atoms with van der Waals surface area (Å²) in [6.45, 7) is 4.81. The first-order valence-corrected chi connectivity index (χ1v) is 11.8. The van der Waals surface area contributed by atoms with E-state index in [9.17, 15) is 9.90 Å². The summed E-state index contributed by atoms with van der Waals surface area (Å²) in [6.07, 6.45) is 5.53. The molecule has 33 heavy (non-hydrogen) atoms. The number of carbonyl (C=O) groups excluding carboxylic acids is 1. The van der Waals surface area contributed by atoms with Crippen molar-refractivity contribution in [2.75, 3.05) is 37.0 Å². The number of hydrogen-bond donors (Lipinski definition) is 3. The molecule has 1 saturated heterocycles. The van der Waals surface area contributed by atoms with Crippen LogP contribution < -0.4 is 15.0 Å². The minimum atomic E-state index is -0.977. The van der Waals surface area contributed by atoms with E-state index in [-0.39, 0.29) is 18.6 Å². The van der Waals surface area contributed by atoms with E-state index in [4.69, 9.17) is 4.74 Å². The third-order valence-electron chi connectivity index (χ3n) is 6.40. The molecule has 3 aromatic heterocycles. The third kappa shape index (κ3) is 4.58. The predicted molar refractivity (Wildman–Crippen MR) is 125 cm³/mol. The summed E-state index contributed by atoms with van der Waals surface area (Å²) >= 11 is 1.06. The largest absolute Gasteiger partial charge is 0.460 e. The fraction of sp³-hybridized carbons (Fsp3) is 0.571. The van der Waals surface area contributed by atoms with Gasteiger partial charge in [-0.3, -0.25) is 5.32 Å². The molecule has 3 aromatic rings. The first kappa shape index (κ1) is 21.8. The van der Waals surface area contributed by atoms with Crippen molar-refractivity contribution in [3.63, 3.8) is 0 Å². The lowest BCUT2D eigenvalue weighted by Gasteiger charge is -2.27. The van der Waals surface area contributed by atoms with Crippen molar-refractivity contribution in [1.29, 1.82) is 0 Å². The van der Waals surface area contributed by atoms with Gasteiger partial charge in [-0.05, 0) is 44.6 Å². The number of aromatic nitrogens is 5. The average molecular weight is 473 g/mol. The van der Waals surface area contributed by atoms with Crippen LogP contribution in [0.1, 0.15) is 26.7 Å². The number of nitrogens with zero attached hydrogens (tertiary/aromatic N) is 6. The zero-order valence-corrected chi connectivity index (χ0v) is 19.7. The Hall–Kier alpha value is -2.99. The quantitative estimate of drug-likeness (QED) is 0.498. The average Bonchev–Trinajstić information content (AvgIpc) is 3.53. The Morgan fingerprint density at radius 3 is 2.85 bits per heavy atom. The van der Waals surface area contributed by atoms with Crippen molar-refractivity contribution >= 4 is 39.5 Å². The van der Waals surface area contributed by atoms with E-state index < -0.39 is 5.60 Å². The Morgan fingerprint density at radius 2 is 2.12 bits per heavy atom. The van der Waals surface area contributed by atoms with Gasteiger partial charge in [0.1, 0.15) is 24.4 Å². The first-order chi connectivity index (χ1) is 15.8. The zero-order chi connectivity index (χ0) is 23.2. The minimum absolute atomic E-state index is 0.0762. The molecule has 2 aliphatic rings. The molecular weight excluding hydrogens is 444 g/mol. The molecule has 0 bridgehead atoms. The number of rotatable bonds is 6. The smallest absolute Gasteiger partial charge is 0.330 e. The number of urea groups is 1. The lowest BCUT2D eigenvalue weighted by Crippen LogP contribution is -2.36. The second kappa shape index (κ2) is 8.41. The van der Waals surface area contributed by atoms with Crippen molar-refractivity contribution in [3.8, 4) is 6.01 Å². The van der Waals surface area contributed by atoms with E-state index in [0.29, 0.717) is 23.0 Å². The fourth-order valence-electron chi connectivity index (χ4n) is 4.79. The maximum atomic E-state index is 12.8. The Morgan fingerprint density at radius 1 is 1.36 bits per heavy atom. The maximum absolute atomic E-state index is 12.8. The topological polar surface area (TPSA) is 132 Å². The molecule has 2 amide bonds. The molecule has 2 fully saturated rings. The Labute approximate surface area is 195 Å². The number of anilines is 2. The number of H-pyrrole nitrogens is 1. The highest BCUT2D eigenvalue weighted by molar-refractivity contribution is 7.10. The maximum Gasteiger partial charge on any atom is 0.330 e. The molecule has 1 aliphatic heterocycles. The highest BCUT2D eigenvalue weighted by atomic mass is 32.1. The van der Waals surface area contributed by atoms with Gasteiger partial charge >= 0.3 is 12.0 Å². The molecular formula is C21H28N8O3S. The van der Waals surface area contributed by atoms with E-state index in [1.165, 1.54) is 0 Å². The van der Waals surface area contributed by atoms with E-state index in [1.54, 1.807) is 20.2 Å². The number of amides is 2. The Kier molecular flexibility index (Phi) is 5.57. The zero-order valence-electron chi connectivity index (χ0n) is 18.9. The molecule has 0 aromatic carbocycles. The summed E-state index contributed by atoms with van der Waals surface area (Å²) < 4.78 is 9.45. The van der Waals surface area contributed by atoms with Crippen LogP contribution in [0.15, 0.2) is 18.6 Å². The van der Waals surface area contributed by atoms with Gasteiger partial charge in [-0.15, -0.1) is 4.37 Å². The van der Waals surface area contributed by atoms with Gasteiger partial charge in [0.25, 0.3) is 0 Å². The number of aliphatic hydroxyl groups is 1. The van der Waals surface area contributed by atoms with E-state index >= 15 is 0 Å². The van der Waals surface area contributed by atoms with Gasteiger partial charge in [0, 0.05) is 43.9 Å². The third-order valence-corrected chi connectivity index (χ3v) is 7.02. The number of fused-ring (bicyclic) bond motifs is 2. The molecule has 4 heterocycles. The molecule has 0 radical (unpaired) electrons. The fourth-order valence-corrected chi connectivity index (χ4v) is 5.30. The van der Waals surface area contributed by atoms with E-state index in [1.807, 2.05) is 17.2 Å². The second-order valence-corrected chi connectivity index (χ2v) is 10.3. The molecule has 3 N–H and O–H groups in total. The standard InChI is InChI=1S/C21H28N8O3S/c1-21(2,31)10-32-18-25-19(33-27-18)26-20(30)29-8-12-6-14(7-13(12)9-29)28(3)17-15-4-5-22-16(15)23-11-24-17/h4-5,11-14,31H,6-10H2,1-3H3,(H,22,23,24)(H,25,26,27,30)/t12-,13?,14+/m1/s1. The summed E-state index contributed by atoms with van der Waals surface area (Å²) in [4.78, 5) is 33.0. The van der Waals surface area contributed by atoms with Gasteiger partial charge in [0.05, 0.1) is 11.0 Å². The van der Waals surface area contributed by atoms with Crippen molar-refractivity contribution in [3.05, 3.63) is 18.6 Å². The van der Waals surface area contributed by atoms with E-state index in [2.05, 4.69) is 41.6 Å². The van der Waals surface area contributed by atoms with Gasteiger partial charge < -0.3 is 24.6 Å². The van der Waals surface area contributed by atoms with Crippen LogP contribution in [0.2, 0.25) is 0 Å². The highest BCUT2D eigenvalue weighted by Gasteiger charge is 2.44. The highest BCUT2D eigenvalue weighted by Crippen LogP contribution is 2.41.